The molecular weight excluding hydrogens is 224 g/mol. The number of nitrogens with zero attached hydrogens (tertiary/aromatic N) is 1. The number of rotatable bonds is 1. The van der Waals surface area contributed by atoms with E-state index in [4.69, 9.17) is 0 Å². The van der Waals surface area contributed by atoms with Gasteiger partial charge in [0.05, 0.1) is 12.0 Å². The van der Waals surface area contributed by atoms with Crippen LogP contribution in [0.15, 0.2) is 53.6 Å². The Morgan fingerprint density at radius 1 is 1.06 bits per heavy atom. The van der Waals surface area contributed by atoms with Crippen LogP contribution >= 0.6 is 0 Å². The molecule has 0 aliphatic carbocycles. The van der Waals surface area contributed by atoms with Gasteiger partial charge in [-0.3, -0.25) is 4.79 Å². The molecule has 1 aromatic heterocycles. The lowest BCUT2D eigenvalue weighted by molar-refractivity contribution is 1.08. The molecule has 0 amide bonds. The van der Waals surface area contributed by atoms with Crippen molar-refractivity contribution in [2.75, 3.05) is 0 Å². The largest absolute Gasteiger partial charge is 0.313 e. The highest BCUT2D eigenvalue weighted by Gasteiger charge is 2.09. The molecule has 3 aromatic rings. The molecule has 0 bridgehead atoms. The first-order valence-electron chi connectivity index (χ1n) is 5.80. The van der Waals surface area contributed by atoms with E-state index in [1.807, 2.05) is 30.3 Å². The van der Waals surface area contributed by atoms with Crippen molar-refractivity contribution in [2.45, 2.75) is 6.92 Å². The number of hydrogen-bond acceptors (Lipinski definition) is 2. The second-order valence-corrected chi connectivity index (χ2v) is 4.23. The van der Waals surface area contributed by atoms with Crippen molar-refractivity contribution in [1.82, 2.24) is 9.97 Å². The summed E-state index contributed by atoms with van der Waals surface area (Å²) in [5, 5.41) is 2.26. The fourth-order valence-electron chi connectivity index (χ4n) is 2.17. The van der Waals surface area contributed by atoms with Gasteiger partial charge in [0, 0.05) is 11.1 Å². The molecule has 3 heteroatoms. The molecule has 0 aliphatic rings. The van der Waals surface area contributed by atoms with E-state index in [9.17, 15) is 4.79 Å². The molecule has 0 spiro atoms. The lowest BCUT2D eigenvalue weighted by atomic mass is 10.00. The van der Waals surface area contributed by atoms with Gasteiger partial charge < -0.3 is 4.98 Å². The van der Waals surface area contributed by atoms with E-state index < -0.39 is 0 Å². The van der Waals surface area contributed by atoms with Crippen molar-refractivity contribution in [3.63, 3.8) is 0 Å². The number of fused-ring (bicyclic) bond motifs is 1. The standard InChI is InChI=1S/C15H12N2O/c1-10-14(16-9-17-15(10)18)13-8-4-6-11-5-2-3-7-12(11)13/h2-9H,1H3,(H,16,17,18). The van der Waals surface area contributed by atoms with Crippen molar-refractivity contribution in [3.05, 3.63) is 64.7 Å². The lowest BCUT2D eigenvalue weighted by Gasteiger charge is -2.07. The molecule has 0 aliphatic heterocycles. The second kappa shape index (κ2) is 4.11. The number of nitrogens with one attached hydrogen (secondary N) is 1. The van der Waals surface area contributed by atoms with Gasteiger partial charge in [-0.25, -0.2) is 4.98 Å². The molecule has 0 fully saturated rings. The Bertz CT molecular complexity index is 769. The third-order valence-electron chi connectivity index (χ3n) is 3.13. The third kappa shape index (κ3) is 1.61. The van der Waals surface area contributed by atoms with Gasteiger partial charge in [-0.1, -0.05) is 42.5 Å². The number of aromatic nitrogens is 2. The first-order valence-corrected chi connectivity index (χ1v) is 5.80. The average Bonchev–Trinajstić information content (AvgIpc) is 2.41. The first-order chi connectivity index (χ1) is 8.77. The highest BCUT2D eigenvalue weighted by Crippen LogP contribution is 2.27. The Balaban J connectivity index is 2.39. The number of hydrogen-bond donors (Lipinski definition) is 1. The normalized spacial score (nSPS) is 10.7. The summed E-state index contributed by atoms with van der Waals surface area (Å²) in [6, 6.07) is 14.1. The van der Waals surface area contributed by atoms with Crippen LogP contribution in [-0.2, 0) is 0 Å². The minimum Gasteiger partial charge on any atom is -0.313 e. The third-order valence-corrected chi connectivity index (χ3v) is 3.13. The van der Waals surface area contributed by atoms with E-state index in [1.54, 1.807) is 6.92 Å². The SMILES string of the molecule is Cc1c(-c2cccc3ccccc23)nc[nH]c1=O. The van der Waals surface area contributed by atoms with Crippen LogP contribution < -0.4 is 5.56 Å². The van der Waals surface area contributed by atoms with Crippen molar-refractivity contribution in [3.8, 4) is 11.3 Å². The molecule has 0 unspecified atom stereocenters. The summed E-state index contributed by atoms with van der Waals surface area (Å²) in [7, 11) is 0. The minimum atomic E-state index is -0.0899. The zero-order valence-electron chi connectivity index (χ0n) is 9.97. The molecule has 18 heavy (non-hydrogen) atoms. The summed E-state index contributed by atoms with van der Waals surface area (Å²) >= 11 is 0. The van der Waals surface area contributed by atoms with Crippen LogP contribution in [0, 0.1) is 6.92 Å². The maximum atomic E-state index is 11.7. The average molecular weight is 236 g/mol. The molecule has 3 rings (SSSR count). The van der Waals surface area contributed by atoms with Gasteiger partial charge >= 0.3 is 0 Å². The van der Waals surface area contributed by atoms with Crippen LogP contribution in [0.4, 0.5) is 0 Å². The minimum absolute atomic E-state index is 0.0899. The Kier molecular flexibility index (Phi) is 2.45. The van der Waals surface area contributed by atoms with Gasteiger partial charge in [-0.05, 0) is 17.7 Å². The highest BCUT2D eigenvalue weighted by atomic mass is 16.1. The summed E-state index contributed by atoms with van der Waals surface area (Å²) < 4.78 is 0. The van der Waals surface area contributed by atoms with Gasteiger partial charge in [0.15, 0.2) is 0 Å². The smallest absolute Gasteiger partial charge is 0.254 e. The quantitative estimate of drug-likeness (QED) is 0.706. The number of benzene rings is 2. The number of aromatic amines is 1. The van der Waals surface area contributed by atoms with Crippen LogP contribution in [0.2, 0.25) is 0 Å². The predicted molar refractivity (Wildman–Crippen MR) is 72.5 cm³/mol. The Labute approximate surface area is 104 Å². The molecule has 1 heterocycles. The van der Waals surface area contributed by atoms with Crippen LogP contribution in [-0.4, -0.2) is 9.97 Å². The van der Waals surface area contributed by atoms with Gasteiger partial charge in [0.1, 0.15) is 0 Å². The molecular formula is C15H12N2O. The molecule has 2 aromatic carbocycles. The molecule has 1 N–H and O–H groups in total. The Morgan fingerprint density at radius 2 is 1.83 bits per heavy atom. The summed E-state index contributed by atoms with van der Waals surface area (Å²) in [5.74, 6) is 0. The molecule has 3 nitrogen and oxygen atoms in total. The van der Waals surface area contributed by atoms with Crippen LogP contribution in [0.3, 0.4) is 0 Å². The zero-order valence-corrected chi connectivity index (χ0v) is 9.97. The van der Waals surface area contributed by atoms with E-state index >= 15 is 0 Å². The summed E-state index contributed by atoms with van der Waals surface area (Å²) in [6.45, 7) is 1.79. The molecule has 88 valence electrons. The van der Waals surface area contributed by atoms with Crippen LogP contribution in [0.25, 0.3) is 22.0 Å². The lowest BCUT2D eigenvalue weighted by Crippen LogP contribution is -2.11. The second-order valence-electron chi connectivity index (χ2n) is 4.23. The molecule has 0 saturated heterocycles. The van der Waals surface area contributed by atoms with Crippen molar-refractivity contribution >= 4 is 10.8 Å². The highest BCUT2D eigenvalue weighted by molar-refractivity contribution is 5.96. The fourth-order valence-corrected chi connectivity index (χ4v) is 2.17. The summed E-state index contributed by atoms with van der Waals surface area (Å²) in [6.07, 6.45) is 1.45. The molecule has 0 radical (unpaired) electrons. The summed E-state index contributed by atoms with van der Waals surface area (Å²) in [4.78, 5) is 18.5. The van der Waals surface area contributed by atoms with Gasteiger partial charge in [0.25, 0.3) is 5.56 Å². The van der Waals surface area contributed by atoms with E-state index in [2.05, 4.69) is 22.1 Å². The fraction of sp³-hybridized carbons (Fsp3) is 0.0667. The zero-order chi connectivity index (χ0) is 12.5. The maximum absolute atomic E-state index is 11.7. The van der Waals surface area contributed by atoms with E-state index in [1.165, 1.54) is 6.33 Å². The van der Waals surface area contributed by atoms with Crippen LogP contribution in [0.1, 0.15) is 5.56 Å². The molecule has 0 atom stereocenters. The van der Waals surface area contributed by atoms with Gasteiger partial charge in [-0.15, -0.1) is 0 Å². The Morgan fingerprint density at radius 3 is 2.72 bits per heavy atom. The number of H-pyrrole nitrogens is 1. The van der Waals surface area contributed by atoms with Crippen molar-refractivity contribution in [1.29, 1.82) is 0 Å². The maximum Gasteiger partial charge on any atom is 0.254 e. The Hall–Kier alpha value is -2.42. The first kappa shape index (κ1) is 10.7. The van der Waals surface area contributed by atoms with E-state index in [0.29, 0.717) is 5.56 Å². The van der Waals surface area contributed by atoms with Gasteiger partial charge in [-0.2, -0.15) is 0 Å². The van der Waals surface area contributed by atoms with Crippen molar-refractivity contribution < 1.29 is 0 Å². The van der Waals surface area contributed by atoms with E-state index in [0.717, 1.165) is 22.0 Å². The van der Waals surface area contributed by atoms with Crippen LogP contribution in [0.5, 0.6) is 0 Å². The van der Waals surface area contributed by atoms with E-state index in [-0.39, 0.29) is 5.56 Å². The topological polar surface area (TPSA) is 45.8 Å². The predicted octanol–water partition coefficient (Wildman–Crippen LogP) is 2.90. The van der Waals surface area contributed by atoms with Crippen molar-refractivity contribution in [2.24, 2.45) is 0 Å². The monoisotopic (exact) mass is 236 g/mol. The van der Waals surface area contributed by atoms with Gasteiger partial charge in [0.2, 0.25) is 0 Å². The molecule has 0 saturated carbocycles. The summed E-state index contributed by atoms with van der Waals surface area (Å²) in [5.41, 5.74) is 2.30.